The average molecular weight is 480 g/mol. The summed E-state index contributed by atoms with van der Waals surface area (Å²) >= 11 is 0. The number of carbonyl (C=O) groups excluding carboxylic acids is 4. The highest BCUT2D eigenvalue weighted by molar-refractivity contribution is 6.25. The molecule has 9 heteroatoms. The molecule has 0 radical (unpaired) electrons. The fourth-order valence-corrected chi connectivity index (χ4v) is 6.87. The van der Waals surface area contributed by atoms with Crippen LogP contribution in [0.1, 0.15) is 72.1 Å². The number of amides is 4. The van der Waals surface area contributed by atoms with E-state index in [9.17, 15) is 19.2 Å². The Morgan fingerprint density at radius 3 is 2.31 bits per heavy atom. The van der Waals surface area contributed by atoms with Crippen molar-refractivity contribution >= 4 is 29.3 Å². The summed E-state index contributed by atoms with van der Waals surface area (Å²) in [6.45, 7) is 3.94. The number of rotatable bonds is 3. The second kappa shape index (κ2) is 8.41. The molecule has 35 heavy (non-hydrogen) atoms. The van der Waals surface area contributed by atoms with Gasteiger partial charge in [-0.2, -0.15) is 0 Å². The number of hydrogen-bond acceptors (Lipinski definition) is 7. The van der Waals surface area contributed by atoms with Crippen LogP contribution in [0.5, 0.6) is 0 Å². The number of nitrogens with zero attached hydrogens (tertiary/aromatic N) is 3. The Morgan fingerprint density at radius 1 is 0.914 bits per heavy atom. The van der Waals surface area contributed by atoms with Crippen molar-refractivity contribution in [2.24, 2.45) is 11.1 Å². The number of imide groups is 2. The van der Waals surface area contributed by atoms with Crippen LogP contribution in [0.2, 0.25) is 0 Å². The Morgan fingerprint density at radius 2 is 1.63 bits per heavy atom. The summed E-state index contributed by atoms with van der Waals surface area (Å²) in [5.41, 5.74) is 7.99. The third kappa shape index (κ3) is 3.76. The number of benzene rings is 1. The van der Waals surface area contributed by atoms with Gasteiger partial charge in [0.05, 0.1) is 16.8 Å². The molecule has 0 aromatic heterocycles. The van der Waals surface area contributed by atoms with Crippen molar-refractivity contribution in [2.75, 3.05) is 31.1 Å². The Kier molecular flexibility index (Phi) is 5.45. The van der Waals surface area contributed by atoms with Crippen molar-refractivity contribution in [3.05, 3.63) is 29.3 Å². The number of piperidine rings is 3. The molecule has 3 saturated heterocycles. The maximum absolute atomic E-state index is 13.4. The van der Waals surface area contributed by atoms with Gasteiger partial charge in [0.1, 0.15) is 6.04 Å². The number of likely N-dealkylation sites (tertiary alicyclic amines) is 1. The van der Waals surface area contributed by atoms with Crippen LogP contribution in [0, 0.1) is 5.41 Å². The van der Waals surface area contributed by atoms with Crippen LogP contribution in [0.4, 0.5) is 5.69 Å². The van der Waals surface area contributed by atoms with Gasteiger partial charge in [-0.05, 0) is 75.6 Å². The molecule has 1 aromatic carbocycles. The minimum absolute atomic E-state index is 0.121. The first-order chi connectivity index (χ1) is 16.8. The van der Waals surface area contributed by atoms with E-state index in [0.29, 0.717) is 28.6 Å². The van der Waals surface area contributed by atoms with Gasteiger partial charge in [-0.1, -0.05) is 6.07 Å². The van der Waals surface area contributed by atoms with Crippen LogP contribution in [0.3, 0.4) is 0 Å². The molecule has 6 rings (SSSR count). The van der Waals surface area contributed by atoms with Crippen LogP contribution >= 0.6 is 0 Å². The average Bonchev–Trinajstić information content (AvgIpc) is 3.09. The molecule has 4 amide bonds. The van der Waals surface area contributed by atoms with E-state index in [4.69, 9.17) is 5.73 Å². The molecule has 4 heterocycles. The molecule has 1 spiro atoms. The highest BCUT2D eigenvalue weighted by Gasteiger charge is 2.50. The Bertz CT molecular complexity index is 1080. The van der Waals surface area contributed by atoms with E-state index in [1.54, 1.807) is 6.07 Å². The van der Waals surface area contributed by atoms with E-state index >= 15 is 0 Å². The summed E-state index contributed by atoms with van der Waals surface area (Å²) in [7, 11) is 0. The maximum atomic E-state index is 13.4. The zero-order chi connectivity index (χ0) is 24.3. The molecule has 4 aliphatic heterocycles. The zero-order valence-corrected chi connectivity index (χ0v) is 20.0. The Hall–Kier alpha value is -2.78. The second-order valence-corrected chi connectivity index (χ2v) is 11.1. The smallest absolute Gasteiger partial charge is 0.264 e. The fraction of sp³-hybridized carbons (Fsp3) is 0.615. The highest BCUT2D eigenvalue weighted by Crippen LogP contribution is 2.52. The molecule has 1 aromatic rings. The van der Waals surface area contributed by atoms with Crippen LogP contribution < -0.4 is 16.0 Å². The predicted octanol–water partition coefficient (Wildman–Crippen LogP) is 1.26. The molecule has 186 valence electrons. The van der Waals surface area contributed by atoms with Gasteiger partial charge in [0.15, 0.2) is 0 Å². The van der Waals surface area contributed by atoms with E-state index in [1.165, 1.54) is 12.8 Å². The molecule has 1 atom stereocenters. The molecule has 1 saturated carbocycles. The lowest BCUT2D eigenvalue weighted by atomic mass is 9.59. The number of nitrogens with two attached hydrogens (primary N) is 1. The van der Waals surface area contributed by atoms with Gasteiger partial charge in [-0.3, -0.25) is 29.4 Å². The molecule has 9 nitrogen and oxygen atoms in total. The van der Waals surface area contributed by atoms with Crippen LogP contribution in [0.15, 0.2) is 18.2 Å². The normalized spacial score (nSPS) is 27.9. The Balaban J connectivity index is 1.14. The molecular weight excluding hydrogens is 446 g/mol. The quantitative estimate of drug-likeness (QED) is 0.627. The second-order valence-electron chi connectivity index (χ2n) is 11.1. The summed E-state index contributed by atoms with van der Waals surface area (Å²) in [6.07, 6.45) is 7.13. The summed E-state index contributed by atoms with van der Waals surface area (Å²) in [4.78, 5) is 56.4. The third-order valence-corrected chi connectivity index (χ3v) is 9.04. The molecule has 4 fully saturated rings. The van der Waals surface area contributed by atoms with E-state index < -0.39 is 23.8 Å². The lowest BCUT2D eigenvalue weighted by Gasteiger charge is -2.56. The largest absolute Gasteiger partial charge is 0.371 e. The van der Waals surface area contributed by atoms with E-state index in [0.717, 1.165) is 62.4 Å². The SMILES string of the molecule is NC1CCN(C2CC3(CCN(c4cccc5c4C(=O)N(C4CCC(=O)NC4=O)C5=O)CC3)C2)CC1. The molecule has 1 aliphatic carbocycles. The number of hydrogen-bond donors (Lipinski definition) is 2. The van der Waals surface area contributed by atoms with E-state index in [1.807, 2.05) is 12.1 Å². The van der Waals surface area contributed by atoms with Crippen molar-refractivity contribution in [3.8, 4) is 0 Å². The van der Waals surface area contributed by atoms with Crippen LogP contribution in [-0.4, -0.2) is 77.7 Å². The molecular formula is C26H33N5O4. The molecule has 5 aliphatic rings. The highest BCUT2D eigenvalue weighted by atomic mass is 16.2. The topological polar surface area (TPSA) is 116 Å². The third-order valence-electron chi connectivity index (χ3n) is 9.04. The number of carbonyl (C=O) groups is 4. The van der Waals surface area contributed by atoms with Gasteiger partial charge in [0, 0.05) is 31.6 Å². The van der Waals surface area contributed by atoms with Crippen LogP contribution in [0.25, 0.3) is 0 Å². The van der Waals surface area contributed by atoms with Gasteiger partial charge in [0.25, 0.3) is 11.8 Å². The van der Waals surface area contributed by atoms with Crippen molar-refractivity contribution in [2.45, 2.75) is 69.5 Å². The minimum Gasteiger partial charge on any atom is -0.371 e. The Labute approximate surface area is 205 Å². The van der Waals surface area contributed by atoms with Gasteiger partial charge in [-0.25, -0.2) is 0 Å². The summed E-state index contributed by atoms with van der Waals surface area (Å²) in [5.74, 6) is -1.82. The predicted molar refractivity (Wildman–Crippen MR) is 129 cm³/mol. The monoisotopic (exact) mass is 479 g/mol. The summed E-state index contributed by atoms with van der Waals surface area (Å²) in [6, 6.07) is 5.49. The lowest BCUT2D eigenvalue weighted by Crippen LogP contribution is -2.57. The fourth-order valence-electron chi connectivity index (χ4n) is 6.87. The minimum atomic E-state index is -0.936. The van der Waals surface area contributed by atoms with Gasteiger partial charge < -0.3 is 15.5 Å². The van der Waals surface area contributed by atoms with Gasteiger partial charge in [-0.15, -0.1) is 0 Å². The van der Waals surface area contributed by atoms with E-state index in [-0.39, 0.29) is 18.7 Å². The first-order valence-electron chi connectivity index (χ1n) is 12.9. The van der Waals surface area contributed by atoms with Crippen LogP contribution in [-0.2, 0) is 9.59 Å². The summed E-state index contributed by atoms with van der Waals surface area (Å²) in [5, 5.41) is 2.26. The van der Waals surface area contributed by atoms with Crippen molar-refractivity contribution in [1.29, 1.82) is 0 Å². The number of anilines is 1. The lowest BCUT2D eigenvalue weighted by molar-refractivity contribution is -0.136. The van der Waals surface area contributed by atoms with Gasteiger partial charge in [0.2, 0.25) is 11.8 Å². The standard InChI is InChI=1S/C26H33N5O4/c27-16-6-10-29(11-7-16)17-14-26(15-17)8-12-30(13-9-26)19-3-1-2-18-22(19)25(35)31(24(18)34)20-4-5-21(32)28-23(20)33/h1-3,16-17,20H,4-15,27H2,(H,28,32,33). The molecule has 1 unspecified atom stereocenters. The zero-order valence-electron chi connectivity index (χ0n) is 20.0. The summed E-state index contributed by atoms with van der Waals surface area (Å²) < 4.78 is 0. The maximum Gasteiger partial charge on any atom is 0.264 e. The molecule has 0 bridgehead atoms. The van der Waals surface area contributed by atoms with E-state index in [2.05, 4.69) is 15.1 Å². The van der Waals surface area contributed by atoms with Gasteiger partial charge >= 0.3 is 0 Å². The first kappa shape index (κ1) is 22.7. The number of fused-ring (bicyclic) bond motifs is 1. The van der Waals surface area contributed by atoms with Crippen molar-refractivity contribution in [1.82, 2.24) is 15.1 Å². The first-order valence-corrected chi connectivity index (χ1v) is 12.9. The van der Waals surface area contributed by atoms with Crippen molar-refractivity contribution in [3.63, 3.8) is 0 Å². The van der Waals surface area contributed by atoms with Crippen molar-refractivity contribution < 1.29 is 19.2 Å². The number of nitrogens with one attached hydrogen (secondary N) is 1. The molecule has 3 N–H and O–H groups in total.